The van der Waals surface area contributed by atoms with E-state index in [1.54, 1.807) is 0 Å². The molecule has 0 amide bonds. The Morgan fingerprint density at radius 2 is 1.61 bits per heavy atom. The number of rotatable bonds is 13. The maximum atomic E-state index is 13.5. The summed E-state index contributed by atoms with van der Waals surface area (Å²) in [6.07, 6.45) is 9.63. The molecule has 0 aliphatic carbocycles. The maximum Gasteiger partial charge on any atom is 0.291 e. The Kier molecular flexibility index (Phi) is 9.53. The molecule has 3 aromatic carbocycles. The number of thiazole rings is 1. The zero-order chi connectivity index (χ0) is 30.3. The van der Waals surface area contributed by atoms with Crippen LogP contribution in [0.3, 0.4) is 0 Å². The zero-order valence-electron chi connectivity index (χ0n) is 25.0. The standard InChI is InChI=1S/C35H35N5O2S2/c1-3-5-10-21-42-29-17-13-26(14-18-29)33-36-35-40(38-33)34(41)31(44-35)23-27-24-39(28-11-8-7-9-12-28)37-32(27)25-15-19-30(20-16-25)43-22-6-4-2/h7-9,11-20,23-24H,3-6,10,21-22H2,1-2H3. The Hall–Kier alpha value is -4.21. The molecule has 6 aromatic rings. The number of unbranched alkanes of at least 4 members (excludes halogenated alkanes) is 3. The Bertz CT molecular complexity index is 1930. The molecule has 0 saturated carbocycles. The summed E-state index contributed by atoms with van der Waals surface area (Å²) in [5.74, 6) is 2.45. The van der Waals surface area contributed by atoms with Gasteiger partial charge in [0.05, 0.1) is 22.5 Å². The molecule has 0 aliphatic heterocycles. The summed E-state index contributed by atoms with van der Waals surface area (Å²) >= 11 is 3.20. The minimum atomic E-state index is -0.194. The fourth-order valence-corrected chi connectivity index (χ4v) is 6.71. The molecule has 7 nitrogen and oxygen atoms in total. The van der Waals surface area contributed by atoms with Crippen LogP contribution in [0.15, 0.2) is 94.7 Å². The van der Waals surface area contributed by atoms with Crippen LogP contribution in [-0.4, -0.2) is 36.7 Å². The minimum absolute atomic E-state index is 0.194. The molecule has 0 fully saturated rings. The van der Waals surface area contributed by atoms with Gasteiger partial charge in [0.2, 0.25) is 4.96 Å². The summed E-state index contributed by atoms with van der Waals surface area (Å²) in [6, 6.07) is 26.2. The zero-order valence-corrected chi connectivity index (χ0v) is 26.6. The summed E-state index contributed by atoms with van der Waals surface area (Å²) in [6.45, 7) is 5.10. The monoisotopic (exact) mass is 621 g/mol. The van der Waals surface area contributed by atoms with Crippen molar-refractivity contribution in [2.75, 3.05) is 12.4 Å². The SMILES string of the molecule is CCCCCOc1ccc(-c2nc3sc(=Cc4cn(-c5ccccc5)nc4-c4ccc(SCCCC)cc4)c(=O)n3n2)cc1. The highest BCUT2D eigenvalue weighted by atomic mass is 32.2. The number of para-hydroxylation sites is 1. The number of hydrogen-bond acceptors (Lipinski definition) is 7. The van der Waals surface area contributed by atoms with E-state index in [-0.39, 0.29) is 5.56 Å². The van der Waals surface area contributed by atoms with Gasteiger partial charge in [-0.25, -0.2) is 4.68 Å². The third kappa shape index (κ3) is 6.79. The van der Waals surface area contributed by atoms with Gasteiger partial charge in [-0.05, 0) is 73.2 Å². The van der Waals surface area contributed by atoms with Crippen molar-refractivity contribution in [2.24, 2.45) is 0 Å². The third-order valence-corrected chi connectivity index (χ3v) is 9.31. The van der Waals surface area contributed by atoms with Crippen molar-refractivity contribution in [2.45, 2.75) is 50.8 Å². The molecular formula is C35H35N5O2S2. The Morgan fingerprint density at radius 3 is 2.34 bits per heavy atom. The summed E-state index contributed by atoms with van der Waals surface area (Å²) in [7, 11) is 0. The normalized spacial score (nSPS) is 11.9. The molecule has 0 unspecified atom stereocenters. The van der Waals surface area contributed by atoms with Gasteiger partial charge in [-0.15, -0.1) is 16.9 Å². The topological polar surface area (TPSA) is 74.3 Å². The van der Waals surface area contributed by atoms with Gasteiger partial charge in [-0.3, -0.25) is 4.79 Å². The quantitative estimate of drug-likeness (QED) is 0.0973. The van der Waals surface area contributed by atoms with Crippen LogP contribution in [0.5, 0.6) is 5.75 Å². The first-order valence-electron chi connectivity index (χ1n) is 15.2. The van der Waals surface area contributed by atoms with E-state index in [0.717, 1.165) is 58.8 Å². The highest BCUT2D eigenvalue weighted by molar-refractivity contribution is 7.99. The first kappa shape index (κ1) is 29.8. The molecule has 3 heterocycles. The lowest BCUT2D eigenvalue weighted by Gasteiger charge is -2.05. The van der Waals surface area contributed by atoms with E-state index < -0.39 is 0 Å². The number of thioether (sulfide) groups is 1. The molecule has 0 saturated heterocycles. The first-order valence-corrected chi connectivity index (χ1v) is 17.0. The van der Waals surface area contributed by atoms with E-state index in [4.69, 9.17) is 9.84 Å². The van der Waals surface area contributed by atoms with E-state index in [2.05, 4.69) is 48.2 Å². The summed E-state index contributed by atoms with van der Waals surface area (Å²) in [5, 5.41) is 9.50. The predicted octanol–water partition coefficient (Wildman–Crippen LogP) is 7.68. The number of benzene rings is 3. The molecule has 0 radical (unpaired) electrons. The van der Waals surface area contributed by atoms with Crippen LogP contribution in [0, 0.1) is 0 Å². The number of hydrogen-bond donors (Lipinski definition) is 0. The van der Waals surface area contributed by atoms with Crippen molar-refractivity contribution >= 4 is 34.1 Å². The van der Waals surface area contributed by atoms with E-state index in [0.29, 0.717) is 21.9 Å². The molecule has 0 N–H and O–H groups in total. The Labute approximate surface area is 265 Å². The first-order chi connectivity index (χ1) is 21.6. The highest BCUT2D eigenvalue weighted by Crippen LogP contribution is 2.28. The van der Waals surface area contributed by atoms with Crippen molar-refractivity contribution in [1.82, 2.24) is 24.4 Å². The number of aromatic nitrogens is 5. The molecule has 0 aliphatic rings. The lowest BCUT2D eigenvalue weighted by Crippen LogP contribution is -2.23. The van der Waals surface area contributed by atoms with E-state index in [1.807, 2.05) is 83.3 Å². The minimum Gasteiger partial charge on any atom is -0.494 e. The molecule has 44 heavy (non-hydrogen) atoms. The van der Waals surface area contributed by atoms with Crippen molar-refractivity contribution in [3.63, 3.8) is 0 Å². The molecule has 0 atom stereocenters. The fourth-order valence-electron chi connectivity index (χ4n) is 4.81. The third-order valence-electron chi connectivity index (χ3n) is 7.26. The fraction of sp³-hybridized carbons (Fsp3) is 0.257. The number of nitrogens with zero attached hydrogens (tertiary/aromatic N) is 5. The lowest BCUT2D eigenvalue weighted by atomic mass is 10.1. The molecule has 6 rings (SSSR count). The number of fused-ring (bicyclic) bond motifs is 1. The van der Waals surface area contributed by atoms with Crippen LogP contribution in [0.4, 0.5) is 0 Å². The van der Waals surface area contributed by atoms with Gasteiger partial charge in [-0.2, -0.15) is 14.6 Å². The van der Waals surface area contributed by atoms with Crippen molar-refractivity contribution in [3.8, 4) is 34.1 Å². The molecular weight excluding hydrogens is 587 g/mol. The van der Waals surface area contributed by atoms with Gasteiger partial charge < -0.3 is 4.74 Å². The molecule has 224 valence electrons. The van der Waals surface area contributed by atoms with Gasteiger partial charge in [0.25, 0.3) is 5.56 Å². The van der Waals surface area contributed by atoms with Crippen molar-refractivity contribution < 1.29 is 4.74 Å². The molecule has 0 bridgehead atoms. The second kappa shape index (κ2) is 14.1. The van der Waals surface area contributed by atoms with E-state index in [1.165, 1.54) is 33.6 Å². The van der Waals surface area contributed by atoms with Gasteiger partial charge in [-0.1, -0.05) is 74.8 Å². The van der Waals surface area contributed by atoms with Gasteiger partial charge in [0.15, 0.2) is 5.82 Å². The van der Waals surface area contributed by atoms with Crippen molar-refractivity contribution in [3.05, 3.63) is 106 Å². The lowest BCUT2D eigenvalue weighted by molar-refractivity contribution is 0.306. The molecule has 9 heteroatoms. The van der Waals surface area contributed by atoms with Gasteiger partial charge >= 0.3 is 0 Å². The molecule has 3 aromatic heterocycles. The van der Waals surface area contributed by atoms with E-state index in [9.17, 15) is 4.79 Å². The Balaban J connectivity index is 1.30. The highest BCUT2D eigenvalue weighted by Gasteiger charge is 2.15. The average molecular weight is 622 g/mol. The second-order valence-electron chi connectivity index (χ2n) is 10.6. The van der Waals surface area contributed by atoms with Crippen LogP contribution in [-0.2, 0) is 0 Å². The maximum absolute atomic E-state index is 13.5. The predicted molar refractivity (Wildman–Crippen MR) is 181 cm³/mol. The van der Waals surface area contributed by atoms with Crippen LogP contribution >= 0.6 is 23.1 Å². The van der Waals surface area contributed by atoms with Gasteiger partial charge in [0.1, 0.15) is 5.75 Å². The van der Waals surface area contributed by atoms with Crippen LogP contribution in [0.25, 0.3) is 39.4 Å². The van der Waals surface area contributed by atoms with Crippen LogP contribution in [0.1, 0.15) is 51.5 Å². The van der Waals surface area contributed by atoms with Crippen LogP contribution < -0.4 is 14.8 Å². The Morgan fingerprint density at radius 1 is 0.864 bits per heavy atom. The largest absolute Gasteiger partial charge is 0.494 e. The smallest absolute Gasteiger partial charge is 0.291 e. The van der Waals surface area contributed by atoms with Gasteiger partial charge in [0, 0.05) is 27.8 Å². The van der Waals surface area contributed by atoms with Crippen molar-refractivity contribution in [1.29, 1.82) is 0 Å². The van der Waals surface area contributed by atoms with Crippen LogP contribution in [0.2, 0.25) is 0 Å². The summed E-state index contributed by atoms with van der Waals surface area (Å²) in [5.41, 5.74) is 4.27. The second-order valence-corrected chi connectivity index (χ2v) is 12.7. The summed E-state index contributed by atoms with van der Waals surface area (Å²) in [4.78, 5) is 20.0. The average Bonchev–Trinajstić information content (AvgIpc) is 3.75. The molecule has 0 spiro atoms. The van der Waals surface area contributed by atoms with E-state index >= 15 is 0 Å². The number of ether oxygens (including phenoxy) is 1. The summed E-state index contributed by atoms with van der Waals surface area (Å²) < 4.78 is 9.64.